The van der Waals surface area contributed by atoms with E-state index in [0.717, 1.165) is 12.8 Å². The zero-order valence-corrected chi connectivity index (χ0v) is 15.3. The molecule has 27 heavy (non-hydrogen) atoms. The zero-order valence-electron chi connectivity index (χ0n) is 15.3. The van der Waals surface area contributed by atoms with Crippen molar-refractivity contribution in [3.05, 3.63) is 47.4 Å². The quantitative estimate of drug-likeness (QED) is 0.694. The van der Waals surface area contributed by atoms with Crippen LogP contribution in [0.15, 0.2) is 30.3 Å². The van der Waals surface area contributed by atoms with Gasteiger partial charge in [-0.15, -0.1) is 0 Å². The Bertz CT molecular complexity index is 847. The lowest BCUT2D eigenvalue weighted by Gasteiger charge is -2.13. The molecule has 2 atom stereocenters. The van der Waals surface area contributed by atoms with Crippen molar-refractivity contribution in [3.63, 3.8) is 0 Å². The summed E-state index contributed by atoms with van der Waals surface area (Å²) in [7, 11) is 0. The van der Waals surface area contributed by atoms with Gasteiger partial charge < -0.3 is 14.9 Å². The minimum atomic E-state index is -1.02. The summed E-state index contributed by atoms with van der Waals surface area (Å²) in [6.07, 6.45) is 2.69. The summed E-state index contributed by atoms with van der Waals surface area (Å²) >= 11 is 0. The van der Waals surface area contributed by atoms with E-state index in [1.807, 2.05) is 6.07 Å². The summed E-state index contributed by atoms with van der Waals surface area (Å²) < 4.78 is 19.8. The van der Waals surface area contributed by atoms with Crippen LogP contribution in [0.1, 0.15) is 49.8 Å². The Hall–Kier alpha value is -2.31. The monoisotopic (exact) mass is 373 g/mol. The second-order valence-electron chi connectivity index (χ2n) is 6.84. The largest absolute Gasteiger partial charge is 0.466 e. The van der Waals surface area contributed by atoms with E-state index in [0.29, 0.717) is 22.2 Å². The van der Waals surface area contributed by atoms with E-state index >= 15 is 4.39 Å². The van der Waals surface area contributed by atoms with Gasteiger partial charge in [0.1, 0.15) is 5.82 Å². The summed E-state index contributed by atoms with van der Waals surface area (Å²) in [6.45, 7) is 1.93. The number of aliphatic hydroxyl groups is 2. The van der Waals surface area contributed by atoms with Crippen LogP contribution in [0, 0.1) is 5.82 Å². The Balaban J connectivity index is 1.76. The number of carbonyl (C=O) groups excluding carboxylic acids is 1. The summed E-state index contributed by atoms with van der Waals surface area (Å²) in [4.78, 5) is 16.0. The SMILES string of the molecule is CCOC(=O)C[C@H](O)C[C@H](O)/C=C/c1c(C2CC2)nc2ccccc2c1F. The molecule has 1 aliphatic rings. The van der Waals surface area contributed by atoms with Gasteiger partial charge in [0.25, 0.3) is 0 Å². The van der Waals surface area contributed by atoms with Gasteiger partial charge >= 0.3 is 5.97 Å². The number of nitrogens with zero attached hydrogens (tertiary/aromatic N) is 1. The number of halogens is 1. The Morgan fingerprint density at radius 2 is 2.11 bits per heavy atom. The molecule has 1 saturated carbocycles. The number of pyridine rings is 1. The molecule has 1 fully saturated rings. The molecular formula is C21H24FNO4. The van der Waals surface area contributed by atoms with Gasteiger partial charge in [0.2, 0.25) is 0 Å². The standard InChI is InChI=1S/C21H24FNO4/c1-2-27-19(26)12-15(25)11-14(24)9-10-17-20(22)16-5-3-4-6-18(16)23-21(17)13-7-8-13/h3-6,9-10,13-15,24-25H,2,7-8,11-12H2,1H3/b10-9+/t14-,15-/m1/s1. The van der Waals surface area contributed by atoms with E-state index in [1.54, 1.807) is 25.1 Å². The first-order valence-electron chi connectivity index (χ1n) is 9.27. The molecule has 3 rings (SSSR count). The third kappa shape index (κ3) is 4.90. The van der Waals surface area contributed by atoms with Crippen LogP contribution >= 0.6 is 0 Å². The predicted octanol–water partition coefficient (Wildman–Crippen LogP) is 3.33. The number of fused-ring (bicyclic) bond motifs is 1. The predicted molar refractivity (Wildman–Crippen MR) is 101 cm³/mol. The Kier molecular flexibility index (Phi) is 6.19. The average Bonchev–Trinajstić information content (AvgIpc) is 3.45. The lowest BCUT2D eigenvalue weighted by atomic mass is 10.0. The smallest absolute Gasteiger partial charge is 0.308 e. The van der Waals surface area contributed by atoms with E-state index in [-0.39, 0.29) is 31.2 Å². The van der Waals surface area contributed by atoms with Crippen molar-refractivity contribution in [1.29, 1.82) is 0 Å². The molecule has 1 aromatic carbocycles. The van der Waals surface area contributed by atoms with Gasteiger partial charge in [0, 0.05) is 23.3 Å². The van der Waals surface area contributed by atoms with Crippen molar-refractivity contribution in [2.75, 3.05) is 6.61 Å². The average molecular weight is 373 g/mol. The first-order valence-corrected chi connectivity index (χ1v) is 9.27. The minimum absolute atomic E-state index is 0.0310. The zero-order chi connectivity index (χ0) is 19.4. The van der Waals surface area contributed by atoms with Crippen molar-refractivity contribution in [1.82, 2.24) is 4.98 Å². The highest BCUT2D eigenvalue weighted by Gasteiger charge is 2.29. The Labute approximate surface area is 157 Å². The molecule has 0 amide bonds. The third-order valence-electron chi connectivity index (χ3n) is 4.56. The van der Waals surface area contributed by atoms with Crippen molar-refractivity contribution >= 4 is 22.9 Å². The third-order valence-corrected chi connectivity index (χ3v) is 4.56. The van der Waals surface area contributed by atoms with Crippen LogP contribution in [0.25, 0.3) is 17.0 Å². The Morgan fingerprint density at radius 1 is 1.37 bits per heavy atom. The maximum absolute atomic E-state index is 15.0. The fraction of sp³-hybridized carbons (Fsp3) is 0.429. The van der Waals surface area contributed by atoms with Gasteiger partial charge in [-0.1, -0.05) is 24.3 Å². The molecule has 5 nitrogen and oxygen atoms in total. The summed E-state index contributed by atoms with van der Waals surface area (Å²) in [5.74, 6) is -0.615. The summed E-state index contributed by atoms with van der Waals surface area (Å²) in [5.41, 5.74) is 1.72. The van der Waals surface area contributed by atoms with E-state index in [9.17, 15) is 15.0 Å². The molecule has 144 valence electrons. The first kappa shape index (κ1) is 19.5. The van der Waals surface area contributed by atoms with Crippen LogP contribution < -0.4 is 0 Å². The first-order chi connectivity index (χ1) is 13.0. The molecule has 2 N–H and O–H groups in total. The lowest BCUT2D eigenvalue weighted by molar-refractivity contribution is -0.145. The topological polar surface area (TPSA) is 79.7 Å². The number of hydrogen-bond donors (Lipinski definition) is 2. The van der Waals surface area contributed by atoms with Crippen molar-refractivity contribution in [2.24, 2.45) is 0 Å². The number of para-hydroxylation sites is 1. The van der Waals surface area contributed by atoms with Crippen LogP contribution in [0.5, 0.6) is 0 Å². The number of hydrogen-bond acceptors (Lipinski definition) is 5. The van der Waals surface area contributed by atoms with Gasteiger partial charge in [-0.2, -0.15) is 0 Å². The normalized spacial score (nSPS) is 16.6. The van der Waals surface area contributed by atoms with Crippen molar-refractivity contribution < 1.29 is 24.1 Å². The maximum atomic E-state index is 15.0. The minimum Gasteiger partial charge on any atom is -0.466 e. The molecule has 0 unspecified atom stereocenters. The van der Waals surface area contributed by atoms with Crippen molar-refractivity contribution in [2.45, 2.75) is 50.7 Å². The second kappa shape index (κ2) is 8.59. The molecular weight excluding hydrogens is 349 g/mol. The second-order valence-corrected chi connectivity index (χ2v) is 6.84. The van der Waals surface area contributed by atoms with E-state index in [1.165, 1.54) is 12.2 Å². The molecule has 6 heteroatoms. The van der Waals surface area contributed by atoms with Crippen LogP contribution in [0.3, 0.4) is 0 Å². The highest BCUT2D eigenvalue weighted by molar-refractivity contribution is 5.82. The number of rotatable bonds is 8. The summed E-state index contributed by atoms with van der Waals surface area (Å²) in [5, 5.41) is 20.5. The van der Waals surface area contributed by atoms with Crippen LogP contribution in [0.4, 0.5) is 4.39 Å². The van der Waals surface area contributed by atoms with E-state index < -0.39 is 18.2 Å². The highest BCUT2D eigenvalue weighted by Crippen LogP contribution is 2.42. The van der Waals surface area contributed by atoms with Gasteiger partial charge in [-0.05, 0) is 31.9 Å². The van der Waals surface area contributed by atoms with Gasteiger partial charge in [0.15, 0.2) is 0 Å². The molecule has 1 aliphatic carbocycles. The molecule has 0 radical (unpaired) electrons. The number of aromatic nitrogens is 1. The fourth-order valence-corrected chi connectivity index (χ4v) is 3.09. The van der Waals surface area contributed by atoms with Gasteiger partial charge in [-0.3, -0.25) is 9.78 Å². The van der Waals surface area contributed by atoms with E-state index in [2.05, 4.69) is 4.98 Å². The van der Waals surface area contributed by atoms with Gasteiger partial charge in [-0.25, -0.2) is 4.39 Å². The number of aliphatic hydroxyl groups excluding tert-OH is 2. The van der Waals surface area contributed by atoms with Gasteiger partial charge in [0.05, 0.1) is 36.4 Å². The number of ether oxygens (including phenoxy) is 1. The molecule has 2 aromatic rings. The Morgan fingerprint density at radius 3 is 2.81 bits per heavy atom. The molecule has 0 spiro atoms. The number of benzene rings is 1. The van der Waals surface area contributed by atoms with Crippen LogP contribution in [-0.2, 0) is 9.53 Å². The van der Waals surface area contributed by atoms with Crippen LogP contribution in [-0.4, -0.2) is 40.0 Å². The highest BCUT2D eigenvalue weighted by atomic mass is 19.1. The molecule has 1 aromatic heterocycles. The fourth-order valence-electron chi connectivity index (χ4n) is 3.09. The maximum Gasteiger partial charge on any atom is 0.308 e. The molecule has 0 saturated heterocycles. The number of carbonyl (C=O) groups is 1. The molecule has 0 bridgehead atoms. The van der Waals surface area contributed by atoms with Crippen LogP contribution in [0.2, 0.25) is 0 Å². The summed E-state index contributed by atoms with van der Waals surface area (Å²) in [6, 6.07) is 7.07. The number of esters is 1. The molecule has 1 heterocycles. The lowest BCUT2D eigenvalue weighted by Crippen LogP contribution is -2.20. The molecule has 0 aliphatic heterocycles. The van der Waals surface area contributed by atoms with Crippen molar-refractivity contribution in [3.8, 4) is 0 Å². The van der Waals surface area contributed by atoms with E-state index in [4.69, 9.17) is 4.74 Å².